The Morgan fingerprint density at radius 3 is 2.50 bits per heavy atom. The molecular formula is C17H20BrN5O. The molecule has 1 aliphatic rings. The molecule has 0 atom stereocenters. The first-order valence-corrected chi connectivity index (χ1v) is 8.62. The van der Waals surface area contributed by atoms with Gasteiger partial charge in [0.2, 0.25) is 5.96 Å². The van der Waals surface area contributed by atoms with E-state index in [0.717, 1.165) is 42.2 Å². The molecule has 1 aromatic carbocycles. The van der Waals surface area contributed by atoms with Gasteiger partial charge in [-0.05, 0) is 42.8 Å². The molecule has 2 aromatic rings. The molecule has 2 N–H and O–H groups in total. The maximum absolute atomic E-state index is 9.46. The minimum absolute atomic E-state index is 0.467. The van der Waals surface area contributed by atoms with E-state index in [1.54, 1.807) is 0 Å². The van der Waals surface area contributed by atoms with Crippen molar-refractivity contribution in [2.45, 2.75) is 6.92 Å². The van der Waals surface area contributed by atoms with Gasteiger partial charge in [-0.3, -0.25) is 5.21 Å². The van der Waals surface area contributed by atoms with Crippen LogP contribution in [0, 0.1) is 6.92 Å². The second-order valence-electron chi connectivity index (χ2n) is 5.64. The number of hydroxylamine groups is 1. The Bertz CT molecular complexity index is 711. The van der Waals surface area contributed by atoms with E-state index in [1.807, 2.05) is 41.4 Å². The number of hydrogen-bond acceptors (Lipinski definition) is 4. The smallest absolute Gasteiger partial charge is 0.223 e. The standard InChI is InChI=1S/C17H20BrN5O/c1-13-3-2-8-19-16(13)22-9-11-23(12-10-22)17(21-24)20-15-6-4-14(18)5-7-15/h2-8,24H,9-12H2,1H3,(H,20,21). The van der Waals surface area contributed by atoms with Crippen LogP contribution in [0.15, 0.2) is 52.1 Å². The summed E-state index contributed by atoms with van der Waals surface area (Å²) < 4.78 is 0.999. The van der Waals surface area contributed by atoms with Crippen molar-refractivity contribution in [3.63, 3.8) is 0 Å². The van der Waals surface area contributed by atoms with Crippen LogP contribution in [0.3, 0.4) is 0 Å². The van der Waals surface area contributed by atoms with Gasteiger partial charge in [0.15, 0.2) is 0 Å². The van der Waals surface area contributed by atoms with E-state index in [4.69, 9.17) is 0 Å². The van der Waals surface area contributed by atoms with Gasteiger partial charge in [-0.25, -0.2) is 15.5 Å². The highest BCUT2D eigenvalue weighted by Gasteiger charge is 2.21. The number of nitrogens with one attached hydrogen (secondary N) is 1. The third-order valence-corrected chi connectivity index (χ3v) is 4.55. The van der Waals surface area contributed by atoms with Crippen molar-refractivity contribution >= 4 is 33.4 Å². The van der Waals surface area contributed by atoms with Crippen molar-refractivity contribution < 1.29 is 5.21 Å². The van der Waals surface area contributed by atoms with Gasteiger partial charge >= 0.3 is 0 Å². The van der Waals surface area contributed by atoms with Crippen molar-refractivity contribution in [2.75, 3.05) is 31.1 Å². The largest absolute Gasteiger partial charge is 0.353 e. The molecule has 0 spiro atoms. The Hall–Kier alpha value is -2.12. The Morgan fingerprint density at radius 2 is 1.88 bits per heavy atom. The molecule has 0 unspecified atom stereocenters. The molecule has 0 amide bonds. The van der Waals surface area contributed by atoms with E-state index in [1.165, 1.54) is 5.56 Å². The van der Waals surface area contributed by atoms with Crippen molar-refractivity contribution in [3.8, 4) is 0 Å². The number of aliphatic imine (C=N–C) groups is 1. The Labute approximate surface area is 149 Å². The third kappa shape index (κ3) is 3.85. The Kier molecular flexibility index (Phi) is 5.32. The summed E-state index contributed by atoms with van der Waals surface area (Å²) in [5, 5.41) is 9.46. The molecule has 1 fully saturated rings. The van der Waals surface area contributed by atoms with Gasteiger partial charge < -0.3 is 9.80 Å². The monoisotopic (exact) mass is 389 g/mol. The first-order chi connectivity index (χ1) is 11.7. The summed E-state index contributed by atoms with van der Waals surface area (Å²) in [5.74, 6) is 1.50. The van der Waals surface area contributed by atoms with Crippen LogP contribution in [0.4, 0.5) is 11.5 Å². The van der Waals surface area contributed by atoms with E-state index in [9.17, 15) is 5.21 Å². The van der Waals surface area contributed by atoms with Crippen LogP contribution in [-0.2, 0) is 0 Å². The van der Waals surface area contributed by atoms with Crippen LogP contribution in [0.1, 0.15) is 5.56 Å². The molecule has 3 rings (SSSR count). The Morgan fingerprint density at radius 1 is 1.17 bits per heavy atom. The summed E-state index contributed by atoms with van der Waals surface area (Å²) in [7, 11) is 0. The average molecular weight is 390 g/mol. The molecule has 126 valence electrons. The van der Waals surface area contributed by atoms with Crippen LogP contribution in [0.25, 0.3) is 0 Å². The minimum Gasteiger partial charge on any atom is -0.353 e. The van der Waals surface area contributed by atoms with Crippen LogP contribution >= 0.6 is 15.9 Å². The lowest BCUT2D eigenvalue weighted by Gasteiger charge is -2.36. The summed E-state index contributed by atoms with van der Waals surface area (Å²) in [6.45, 7) is 5.26. The number of anilines is 1. The van der Waals surface area contributed by atoms with Crippen LogP contribution in [-0.4, -0.2) is 47.2 Å². The SMILES string of the molecule is Cc1cccnc1N1CCN(C(=Nc2ccc(Br)cc2)NO)CC1. The van der Waals surface area contributed by atoms with E-state index in [0.29, 0.717) is 5.96 Å². The zero-order chi connectivity index (χ0) is 16.9. The lowest BCUT2D eigenvalue weighted by molar-refractivity contribution is 0.207. The topological polar surface area (TPSA) is 64.0 Å². The quantitative estimate of drug-likeness (QED) is 0.469. The molecule has 0 bridgehead atoms. The fourth-order valence-corrected chi connectivity index (χ4v) is 3.01. The molecule has 24 heavy (non-hydrogen) atoms. The van der Waals surface area contributed by atoms with Gasteiger partial charge in [0.1, 0.15) is 5.82 Å². The van der Waals surface area contributed by atoms with Crippen molar-refractivity contribution in [2.24, 2.45) is 4.99 Å². The van der Waals surface area contributed by atoms with E-state index >= 15 is 0 Å². The number of nitrogens with zero attached hydrogens (tertiary/aromatic N) is 4. The summed E-state index contributed by atoms with van der Waals surface area (Å²) in [4.78, 5) is 13.3. The summed E-state index contributed by atoms with van der Waals surface area (Å²) in [5.41, 5.74) is 4.20. The number of halogens is 1. The van der Waals surface area contributed by atoms with Gasteiger partial charge in [0.05, 0.1) is 5.69 Å². The number of piperazine rings is 1. The second kappa shape index (κ2) is 7.63. The lowest BCUT2D eigenvalue weighted by atomic mass is 10.2. The first kappa shape index (κ1) is 16.7. The predicted molar refractivity (Wildman–Crippen MR) is 98.9 cm³/mol. The number of guanidine groups is 1. The van der Waals surface area contributed by atoms with Gasteiger partial charge in [-0.15, -0.1) is 0 Å². The molecule has 0 saturated carbocycles. The maximum Gasteiger partial charge on any atom is 0.223 e. The summed E-state index contributed by atoms with van der Waals surface area (Å²) in [6, 6.07) is 11.7. The molecule has 1 saturated heterocycles. The van der Waals surface area contributed by atoms with E-state index in [-0.39, 0.29) is 0 Å². The van der Waals surface area contributed by atoms with Gasteiger partial charge in [-0.1, -0.05) is 22.0 Å². The maximum atomic E-state index is 9.46. The van der Waals surface area contributed by atoms with Crippen LogP contribution in [0.5, 0.6) is 0 Å². The lowest BCUT2D eigenvalue weighted by Crippen LogP contribution is -2.52. The number of benzene rings is 1. The van der Waals surface area contributed by atoms with E-state index in [2.05, 4.69) is 49.3 Å². The highest BCUT2D eigenvalue weighted by molar-refractivity contribution is 9.10. The zero-order valence-corrected chi connectivity index (χ0v) is 15.1. The number of aryl methyl sites for hydroxylation is 1. The van der Waals surface area contributed by atoms with Gasteiger partial charge in [0.25, 0.3) is 0 Å². The summed E-state index contributed by atoms with van der Waals surface area (Å²) in [6.07, 6.45) is 1.82. The fourth-order valence-electron chi connectivity index (χ4n) is 2.74. The predicted octanol–water partition coefficient (Wildman–Crippen LogP) is 2.94. The highest BCUT2D eigenvalue weighted by atomic mass is 79.9. The highest BCUT2D eigenvalue weighted by Crippen LogP contribution is 2.19. The minimum atomic E-state index is 0.467. The molecule has 1 aromatic heterocycles. The fraction of sp³-hybridized carbons (Fsp3) is 0.294. The summed E-state index contributed by atoms with van der Waals surface area (Å²) >= 11 is 3.40. The zero-order valence-electron chi connectivity index (χ0n) is 13.5. The molecule has 0 radical (unpaired) electrons. The molecule has 2 heterocycles. The second-order valence-corrected chi connectivity index (χ2v) is 6.56. The number of hydrogen-bond donors (Lipinski definition) is 2. The average Bonchev–Trinajstić information content (AvgIpc) is 2.62. The molecule has 6 nitrogen and oxygen atoms in total. The van der Waals surface area contributed by atoms with Crippen LogP contribution in [0.2, 0.25) is 0 Å². The van der Waals surface area contributed by atoms with Crippen LogP contribution < -0.4 is 10.4 Å². The third-order valence-electron chi connectivity index (χ3n) is 4.02. The molecule has 1 aliphatic heterocycles. The number of aromatic nitrogens is 1. The molecule has 0 aliphatic carbocycles. The van der Waals surface area contributed by atoms with Crippen molar-refractivity contribution in [3.05, 3.63) is 52.6 Å². The normalized spacial score (nSPS) is 15.5. The molecule has 7 heteroatoms. The first-order valence-electron chi connectivity index (χ1n) is 7.83. The number of rotatable bonds is 2. The van der Waals surface area contributed by atoms with E-state index < -0.39 is 0 Å². The van der Waals surface area contributed by atoms with Crippen molar-refractivity contribution in [1.82, 2.24) is 15.4 Å². The van der Waals surface area contributed by atoms with Gasteiger partial charge in [-0.2, -0.15) is 0 Å². The van der Waals surface area contributed by atoms with Gasteiger partial charge in [0, 0.05) is 36.8 Å². The molecular weight excluding hydrogens is 370 g/mol. The number of pyridine rings is 1. The van der Waals surface area contributed by atoms with Crippen molar-refractivity contribution in [1.29, 1.82) is 0 Å². The Balaban J connectivity index is 1.68.